The van der Waals surface area contributed by atoms with E-state index >= 15 is 0 Å². The van der Waals surface area contributed by atoms with Gasteiger partial charge in [-0.15, -0.1) is 0 Å². The summed E-state index contributed by atoms with van der Waals surface area (Å²) in [6, 6.07) is 12.8. The average Bonchev–Trinajstić information content (AvgIpc) is 3.33. The zero-order valence-electron chi connectivity index (χ0n) is 21.5. The molecule has 0 N–H and O–H groups in total. The molecule has 194 valence electrons. The Balaban J connectivity index is 1.11. The van der Waals surface area contributed by atoms with E-state index in [1.54, 1.807) is 19.4 Å². The molecule has 0 saturated carbocycles. The maximum atomic E-state index is 12.6. The topological polar surface area (TPSA) is 67.4 Å². The lowest BCUT2D eigenvalue weighted by molar-refractivity contribution is -0.141. The molecule has 5 rings (SSSR count). The summed E-state index contributed by atoms with van der Waals surface area (Å²) in [6.07, 6.45) is 7.14. The quantitative estimate of drug-likeness (QED) is 0.518. The minimum Gasteiger partial charge on any atom is -0.494 e. The highest BCUT2D eigenvalue weighted by atomic mass is 16.5. The van der Waals surface area contributed by atoms with Gasteiger partial charge in [-0.2, -0.15) is 0 Å². The second-order valence-electron chi connectivity index (χ2n) is 10.2. The van der Waals surface area contributed by atoms with Gasteiger partial charge < -0.3 is 28.9 Å². The number of methoxy groups -OCH3 is 1. The van der Waals surface area contributed by atoms with Crippen LogP contribution in [0.2, 0.25) is 0 Å². The fraction of sp³-hybridized carbons (Fsp3) is 0.571. The van der Waals surface area contributed by atoms with E-state index in [9.17, 15) is 4.79 Å². The number of carbonyl (C=O) groups excluding carboxylic acids is 1. The van der Waals surface area contributed by atoms with Crippen LogP contribution in [0.1, 0.15) is 39.0 Å². The van der Waals surface area contributed by atoms with Crippen LogP contribution in [-0.2, 0) is 9.53 Å². The van der Waals surface area contributed by atoms with Crippen molar-refractivity contribution in [3.8, 4) is 11.6 Å². The summed E-state index contributed by atoms with van der Waals surface area (Å²) in [5.74, 6) is 1.44. The Morgan fingerprint density at radius 3 is 2.53 bits per heavy atom. The lowest BCUT2D eigenvalue weighted by Crippen LogP contribution is -2.59. The third-order valence-corrected chi connectivity index (χ3v) is 7.92. The van der Waals surface area contributed by atoms with Crippen molar-refractivity contribution in [3.63, 3.8) is 0 Å². The van der Waals surface area contributed by atoms with Gasteiger partial charge >= 0.3 is 0 Å². The highest BCUT2D eigenvalue weighted by molar-refractivity contribution is 5.95. The van der Waals surface area contributed by atoms with Crippen LogP contribution in [-0.4, -0.2) is 80.5 Å². The second kappa shape index (κ2) is 11.0. The van der Waals surface area contributed by atoms with Gasteiger partial charge in [0.25, 0.3) is 5.91 Å². The van der Waals surface area contributed by atoms with Crippen LogP contribution in [0.5, 0.6) is 11.6 Å². The zero-order chi connectivity index (χ0) is 25.0. The maximum absolute atomic E-state index is 12.6. The van der Waals surface area contributed by atoms with Crippen molar-refractivity contribution in [2.75, 3.05) is 62.8 Å². The Bertz CT molecular complexity index is 1010. The van der Waals surface area contributed by atoms with Gasteiger partial charge in [0.15, 0.2) is 0 Å². The van der Waals surface area contributed by atoms with Crippen LogP contribution in [0.3, 0.4) is 0 Å². The number of pyridine rings is 1. The fourth-order valence-electron chi connectivity index (χ4n) is 5.61. The fourth-order valence-corrected chi connectivity index (χ4v) is 5.61. The SMILES string of the molecule is COc1ccc(N2CC3(CCN(c4ccc(OCCCN5CCC[C@@H]5C)cc4)CC3)OCC2=O)cn1. The predicted molar refractivity (Wildman–Crippen MR) is 140 cm³/mol. The van der Waals surface area contributed by atoms with Gasteiger partial charge in [0.1, 0.15) is 12.4 Å². The van der Waals surface area contributed by atoms with E-state index in [1.165, 1.54) is 25.1 Å². The van der Waals surface area contributed by atoms with Crippen molar-refractivity contribution in [3.05, 3.63) is 42.6 Å². The molecule has 8 nitrogen and oxygen atoms in total. The third kappa shape index (κ3) is 5.60. The molecule has 3 fully saturated rings. The molecule has 3 aliphatic heterocycles. The number of morpholine rings is 1. The minimum absolute atomic E-state index is 0.0273. The number of piperidine rings is 1. The minimum atomic E-state index is -0.319. The van der Waals surface area contributed by atoms with E-state index in [-0.39, 0.29) is 18.1 Å². The van der Waals surface area contributed by atoms with Crippen molar-refractivity contribution in [1.29, 1.82) is 0 Å². The summed E-state index contributed by atoms with van der Waals surface area (Å²) in [6.45, 7) is 7.86. The Kier molecular flexibility index (Phi) is 7.62. The van der Waals surface area contributed by atoms with Gasteiger partial charge in [-0.3, -0.25) is 4.79 Å². The average molecular weight is 495 g/mol. The number of nitrogens with zero attached hydrogens (tertiary/aromatic N) is 4. The van der Waals surface area contributed by atoms with E-state index in [0.717, 1.165) is 63.0 Å². The summed E-state index contributed by atoms with van der Waals surface area (Å²) in [7, 11) is 1.59. The number of likely N-dealkylation sites (tertiary alicyclic amines) is 1. The van der Waals surface area contributed by atoms with Gasteiger partial charge in [0.05, 0.1) is 37.7 Å². The van der Waals surface area contributed by atoms with Crippen LogP contribution in [0.4, 0.5) is 11.4 Å². The maximum Gasteiger partial charge on any atom is 0.253 e. The van der Waals surface area contributed by atoms with Crippen LogP contribution in [0.15, 0.2) is 42.6 Å². The molecule has 1 spiro atoms. The molecule has 1 amide bonds. The van der Waals surface area contributed by atoms with Gasteiger partial charge in [0.2, 0.25) is 5.88 Å². The molecular formula is C28H38N4O4. The van der Waals surface area contributed by atoms with Gasteiger partial charge in [-0.05, 0) is 75.9 Å². The molecule has 0 unspecified atom stereocenters. The first-order valence-corrected chi connectivity index (χ1v) is 13.2. The Hall–Kier alpha value is -2.84. The van der Waals surface area contributed by atoms with Gasteiger partial charge in [-0.1, -0.05) is 0 Å². The van der Waals surface area contributed by atoms with Crippen LogP contribution >= 0.6 is 0 Å². The van der Waals surface area contributed by atoms with Crippen LogP contribution in [0, 0.1) is 0 Å². The normalized spacial score (nSPS) is 22.3. The molecular weight excluding hydrogens is 456 g/mol. The van der Waals surface area contributed by atoms with Gasteiger partial charge in [0, 0.05) is 37.4 Å². The van der Waals surface area contributed by atoms with E-state index in [0.29, 0.717) is 12.4 Å². The second-order valence-corrected chi connectivity index (χ2v) is 10.2. The summed E-state index contributed by atoms with van der Waals surface area (Å²) in [5, 5.41) is 0. The number of ether oxygens (including phenoxy) is 3. The molecule has 36 heavy (non-hydrogen) atoms. The molecule has 3 aliphatic rings. The molecule has 0 aliphatic carbocycles. The molecule has 0 radical (unpaired) electrons. The molecule has 2 aromatic rings. The molecule has 3 saturated heterocycles. The largest absolute Gasteiger partial charge is 0.494 e. The monoisotopic (exact) mass is 494 g/mol. The van der Waals surface area contributed by atoms with E-state index in [4.69, 9.17) is 14.2 Å². The summed E-state index contributed by atoms with van der Waals surface area (Å²) < 4.78 is 17.3. The molecule has 1 aromatic heterocycles. The van der Waals surface area contributed by atoms with Crippen molar-refractivity contribution in [2.24, 2.45) is 0 Å². The molecule has 1 aromatic carbocycles. The number of hydrogen-bond donors (Lipinski definition) is 0. The third-order valence-electron chi connectivity index (χ3n) is 7.92. The molecule has 4 heterocycles. The van der Waals surface area contributed by atoms with Crippen molar-refractivity contribution < 1.29 is 19.0 Å². The number of carbonyl (C=O) groups is 1. The van der Waals surface area contributed by atoms with E-state index in [1.807, 2.05) is 11.0 Å². The number of amides is 1. The van der Waals surface area contributed by atoms with Crippen LogP contribution in [0.25, 0.3) is 0 Å². The first kappa shape index (κ1) is 24.8. The smallest absolute Gasteiger partial charge is 0.253 e. The zero-order valence-corrected chi connectivity index (χ0v) is 21.5. The summed E-state index contributed by atoms with van der Waals surface area (Å²) >= 11 is 0. The van der Waals surface area contributed by atoms with Crippen molar-refractivity contribution >= 4 is 17.3 Å². The van der Waals surface area contributed by atoms with Crippen molar-refractivity contribution in [1.82, 2.24) is 9.88 Å². The van der Waals surface area contributed by atoms with Crippen molar-refractivity contribution in [2.45, 2.75) is 50.7 Å². The highest BCUT2D eigenvalue weighted by Gasteiger charge is 2.42. The highest BCUT2D eigenvalue weighted by Crippen LogP contribution is 2.34. The number of hydrogen-bond acceptors (Lipinski definition) is 7. The lowest BCUT2D eigenvalue weighted by atomic mass is 9.88. The lowest BCUT2D eigenvalue weighted by Gasteiger charge is -2.47. The Morgan fingerprint density at radius 1 is 1.08 bits per heavy atom. The van der Waals surface area contributed by atoms with Crippen LogP contribution < -0.4 is 19.3 Å². The molecule has 8 heteroatoms. The van der Waals surface area contributed by atoms with E-state index < -0.39 is 0 Å². The molecule has 1 atom stereocenters. The summed E-state index contributed by atoms with van der Waals surface area (Å²) in [4.78, 5) is 23.6. The number of rotatable bonds is 8. The Morgan fingerprint density at radius 2 is 1.86 bits per heavy atom. The number of anilines is 2. The molecule has 0 bridgehead atoms. The van der Waals surface area contributed by atoms with Gasteiger partial charge in [-0.25, -0.2) is 4.98 Å². The number of benzene rings is 1. The predicted octanol–water partition coefficient (Wildman–Crippen LogP) is 3.75. The van der Waals surface area contributed by atoms with E-state index in [2.05, 4.69) is 46.0 Å². The number of aromatic nitrogens is 1. The Labute approximate surface area is 214 Å². The summed E-state index contributed by atoms with van der Waals surface area (Å²) in [5.41, 5.74) is 1.67. The first-order chi connectivity index (χ1) is 17.5. The standard InChI is InChI=1S/C28H38N4O4/c1-22-5-3-14-30(22)15-4-18-35-25-9-6-23(7-10-25)31-16-12-28(13-17-31)21-32(27(33)20-36-28)24-8-11-26(34-2)29-19-24/h6-11,19,22H,3-5,12-18,20-21H2,1-2H3/t22-/m0/s1. The first-order valence-electron chi connectivity index (χ1n) is 13.2.